The molecular weight excluding hydrogens is 323 g/mol. The second-order valence-electron chi connectivity index (χ2n) is 6.88. The van der Waals surface area contributed by atoms with Gasteiger partial charge in [0.1, 0.15) is 5.82 Å². The van der Waals surface area contributed by atoms with Crippen molar-refractivity contribution in [3.8, 4) is 5.69 Å². The average Bonchev–Trinajstić information content (AvgIpc) is 3.26. The Morgan fingerprint density at radius 2 is 2.04 bits per heavy atom. The Bertz CT molecular complexity index is 1070. The molecule has 6 nitrogen and oxygen atoms in total. The van der Waals surface area contributed by atoms with E-state index in [2.05, 4.69) is 4.98 Å². The van der Waals surface area contributed by atoms with E-state index in [1.807, 2.05) is 4.57 Å². The van der Waals surface area contributed by atoms with Gasteiger partial charge in [-0.25, -0.2) is 18.7 Å². The van der Waals surface area contributed by atoms with Gasteiger partial charge in [-0.1, -0.05) is 6.07 Å². The molecular formula is C18H19FN4O2. The van der Waals surface area contributed by atoms with Gasteiger partial charge in [0.05, 0.1) is 12.0 Å². The predicted molar refractivity (Wildman–Crippen MR) is 92.7 cm³/mol. The number of fused-ring (bicyclic) bond motifs is 1. The molecule has 0 N–H and O–H groups in total. The Labute approximate surface area is 143 Å². The van der Waals surface area contributed by atoms with Crippen LogP contribution in [0.3, 0.4) is 0 Å². The minimum Gasteiger partial charge on any atom is -0.324 e. The molecule has 0 saturated heterocycles. The molecule has 1 aromatic carbocycles. The van der Waals surface area contributed by atoms with Gasteiger partial charge in [0, 0.05) is 12.6 Å². The van der Waals surface area contributed by atoms with Crippen LogP contribution >= 0.6 is 0 Å². The van der Waals surface area contributed by atoms with Crippen molar-refractivity contribution in [3.63, 3.8) is 0 Å². The van der Waals surface area contributed by atoms with Gasteiger partial charge in [-0.05, 0) is 50.8 Å². The summed E-state index contributed by atoms with van der Waals surface area (Å²) in [5, 5.41) is 0. The van der Waals surface area contributed by atoms with E-state index in [4.69, 9.17) is 0 Å². The van der Waals surface area contributed by atoms with Crippen molar-refractivity contribution in [2.75, 3.05) is 0 Å². The molecule has 4 rings (SSSR count). The number of halogens is 1. The summed E-state index contributed by atoms with van der Waals surface area (Å²) in [6, 6.07) is 5.45. The number of hydrogen-bond donors (Lipinski definition) is 0. The second kappa shape index (κ2) is 5.68. The van der Waals surface area contributed by atoms with E-state index in [9.17, 15) is 14.0 Å². The molecule has 25 heavy (non-hydrogen) atoms. The van der Waals surface area contributed by atoms with Crippen LogP contribution in [0.2, 0.25) is 0 Å². The zero-order chi connectivity index (χ0) is 17.7. The van der Waals surface area contributed by atoms with Crippen molar-refractivity contribution in [2.24, 2.45) is 5.92 Å². The molecule has 0 atom stereocenters. The molecule has 0 radical (unpaired) electrons. The minimum atomic E-state index is -0.505. The summed E-state index contributed by atoms with van der Waals surface area (Å²) in [5.74, 6) is 0.108. The van der Waals surface area contributed by atoms with Crippen LogP contribution in [-0.2, 0) is 6.54 Å². The lowest BCUT2D eigenvalue weighted by atomic mass is 10.3. The van der Waals surface area contributed by atoms with Crippen molar-refractivity contribution in [2.45, 2.75) is 39.3 Å². The second-order valence-corrected chi connectivity index (χ2v) is 6.88. The lowest BCUT2D eigenvalue weighted by molar-refractivity contribution is 0.536. The van der Waals surface area contributed by atoms with Crippen molar-refractivity contribution in [1.82, 2.24) is 18.7 Å². The number of imidazole rings is 1. The van der Waals surface area contributed by atoms with Crippen LogP contribution < -0.4 is 11.2 Å². The Morgan fingerprint density at radius 3 is 2.68 bits per heavy atom. The van der Waals surface area contributed by atoms with Crippen LogP contribution in [0, 0.1) is 11.7 Å². The van der Waals surface area contributed by atoms with Crippen LogP contribution in [0.5, 0.6) is 0 Å². The fourth-order valence-electron chi connectivity index (χ4n) is 3.17. The summed E-state index contributed by atoms with van der Waals surface area (Å²) in [7, 11) is 0. The van der Waals surface area contributed by atoms with E-state index in [1.54, 1.807) is 26.2 Å². The Balaban J connectivity index is 2.09. The smallest absolute Gasteiger partial charge is 0.324 e. The summed E-state index contributed by atoms with van der Waals surface area (Å²) in [6.45, 7) is 4.28. The van der Waals surface area contributed by atoms with Gasteiger partial charge in [-0.3, -0.25) is 9.36 Å². The number of nitrogens with zero attached hydrogens (tertiary/aromatic N) is 4. The molecule has 1 aliphatic rings. The van der Waals surface area contributed by atoms with Crippen molar-refractivity contribution in [3.05, 3.63) is 57.2 Å². The largest absolute Gasteiger partial charge is 0.337 e. The maximum atomic E-state index is 13.7. The van der Waals surface area contributed by atoms with E-state index >= 15 is 0 Å². The van der Waals surface area contributed by atoms with Crippen molar-refractivity contribution in [1.29, 1.82) is 0 Å². The molecule has 1 saturated carbocycles. The quantitative estimate of drug-likeness (QED) is 0.732. The van der Waals surface area contributed by atoms with Gasteiger partial charge >= 0.3 is 5.69 Å². The van der Waals surface area contributed by atoms with E-state index in [-0.39, 0.29) is 17.2 Å². The molecule has 3 aromatic rings. The average molecular weight is 342 g/mol. The van der Waals surface area contributed by atoms with Gasteiger partial charge < -0.3 is 4.57 Å². The third kappa shape index (κ3) is 2.59. The zero-order valence-corrected chi connectivity index (χ0v) is 14.1. The number of hydrogen-bond acceptors (Lipinski definition) is 3. The SMILES string of the molecule is CC(C)n1c(=O)c2c(ncn2CC2CC2)n(-c2cccc(F)c2)c1=O. The van der Waals surface area contributed by atoms with Gasteiger partial charge in [-0.2, -0.15) is 0 Å². The van der Waals surface area contributed by atoms with E-state index in [0.29, 0.717) is 23.7 Å². The summed E-state index contributed by atoms with van der Waals surface area (Å²) in [6.07, 6.45) is 3.88. The normalized spacial score (nSPS) is 14.6. The van der Waals surface area contributed by atoms with E-state index in [0.717, 1.165) is 12.8 Å². The maximum absolute atomic E-state index is 13.7. The molecule has 1 aliphatic carbocycles. The lowest BCUT2D eigenvalue weighted by Crippen LogP contribution is -2.41. The molecule has 2 aromatic heterocycles. The molecule has 1 fully saturated rings. The van der Waals surface area contributed by atoms with Gasteiger partial charge in [0.15, 0.2) is 11.2 Å². The van der Waals surface area contributed by atoms with E-state index in [1.165, 1.54) is 27.3 Å². The van der Waals surface area contributed by atoms with Crippen molar-refractivity contribution < 1.29 is 4.39 Å². The highest BCUT2D eigenvalue weighted by Crippen LogP contribution is 2.31. The highest BCUT2D eigenvalue weighted by atomic mass is 19.1. The highest BCUT2D eigenvalue weighted by Gasteiger charge is 2.25. The van der Waals surface area contributed by atoms with Gasteiger partial charge in [0.2, 0.25) is 0 Å². The van der Waals surface area contributed by atoms with Crippen molar-refractivity contribution >= 4 is 11.2 Å². The standard InChI is InChI=1S/C18H19FN4O2/c1-11(2)22-17(24)15-16(20-10-21(15)9-12-6-7-12)23(18(22)25)14-5-3-4-13(19)8-14/h3-5,8,10-12H,6-7,9H2,1-2H3. The summed E-state index contributed by atoms with van der Waals surface area (Å²) >= 11 is 0. The summed E-state index contributed by atoms with van der Waals surface area (Å²) in [4.78, 5) is 30.2. The fourth-order valence-corrected chi connectivity index (χ4v) is 3.17. The molecule has 0 amide bonds. The first-order chi connectivity index (χ1) is 12.0. The van der Waals surface area contributed by atoms with Gasteiger partial charge in [-0.15, -0.1) is 0 Å². The topological polar surface area (TPSA) is 61.8 Å². The Morgan fingerprint density at radius 1 is 1.28 bits per heavy atom. The lowest BCUT2D eigenvalue weighted by Gasteiger charge is -2.14. The number of rotatable bonds is 4. The number of aromatic nitrogens is 4. The fraction of sp³-hybridized carbons (Fsp3) is 0.389. The Kier molecular flexibility index (Phi) is 3.59. The van der Waals surface area contributed by atoms with Crippen LogP contribution in [0.4, 0.5) is 4.39 Å². The third-order valence-corrected chi connectivity index (χ3v) is 4.58. The molecule has 7 heteroatoms. The molecule has 0 spiro atoms. The van der Waals surface area contributed by atoms with E-state index < -0.39 is 11.5 Å². The van der Waals surface area contributed by atoms with Crippen LogP contribution in [0.1, 0.15) is 32.7 Å². The molecule has 0 bridgehead atoms. The van der Waals surface area contributed by atoms with Crippen LogP contribution in [0.25, 0.3) is 16.9 Å². The number of benzene rings is 1. The van der Waals surface area contributed by atoms with Gasteiger partial charge in [0.25, 0.3) is 5.56 Å². The molecule has 0 aliphatic heterocycles. The first-order valence-corrected chi connectivity index (χ1v) is 8.45. The molecule has 0 unspecified atom stereocenters. The van der Waals surface area contributed by atoms with Crippen LogP contribution in [-0.4, -0.2) is 18.7 Å². The minimum absolute atomic E-state index is 0.276. The third-order valence-electron chi connectivity index (χ3n) is 4.58. The maximum Gasteiger partial charge on any atom is 0.337 e. The summed E-state index contributed by atoms with van der Waals surface area (Å²) < 4.78 is 18.1. The summed E-state index contributed by atoms with van der Waals surface area (Å²) in [5.41, 5.74) is 0.180. The Hall–Kier alpha value is -2.70. The first-order valence-electron chi connectivity index (χ1n) is 8.45. The zero-order valence-electron chi connectivity index (χ0n) is 14.1. The first kappa shape index (κ1) is 15.8. The molecule has 130 valence electrons. The predicted octanol–water partition coefficient (Wildman–Crippen LogP) is 2.48. The van der Waals surface area contributed by atoms with Crippen LogP contribution in [0.15, 0.2) is 40.2 Å². The highest BCUT2D eigenvalue weighted by molar-refractivity contribution is 5.72. The monoisotopic (exact) mass is 342 g/mol. The molecule has 2 heterocycles.